The first kappa shape index (κ1) is 9.27. The third-order valence-electron chi connectivity index (χ3n) is 0.348. The fourth-order valence-electron chi connectivity index (χ4n) is 0. The quantitative estimate of drug-likeness (QED) is 0.503. The van der Waals surface area contributed by atoms with Gasteiger partial charge in [-0.15, -0.1) is 0 Å². The molecule has 0 unspecified atom stereocenters. The van der Waals surface area contributed by atoms with Gasteiger partial charge in [0.05, 0.1) is 0 Å². The molecule has 0 aromatic rings. The van der Waals surface area contributed by atoms with Crippen LogP contribution in [0.5, 0.6) is 0 Å². The molecule has 0 rings (SSSR count). The lowest BCUT2D eigenvalue weighted by molar-refractivity contribution is -0.117. The average Bonchev–Trinajstić information content (AvgIpc) is 1.38. The number of hydrogen-bond donors (Lipinski definition) is 1. The number of amides is 1. The third-order valence-corrected chi connectivity index (χ3v) is 0.348. The number of carbonyl (C=O) groups excluding carboxylic acids is 1. The molecule has 2 N–H and O–H groups in total. The van der Waals surface area contributed by atoms with E-state index in [1.165, 1.54) is 0 Å². The Hall–Kier alpha value is -0.180. The smallest absolute Gasteiger partial charge is 0.217 e. The maximum Gasteiger partial charge on any atom is 0.217 e. The van der Waals surface area contributed by atoms with Gasteiger partial charge in [0.15, 0.2) is 0 Å². The Balaban J connectivity index is 0. The van der Waals surface area contributed by atoms with E-state index in [9.17, 15) is 4.79 Å². The molecule has 0 heterocycles. The molecule has 0 aromatic carbocycles. The zero-order valence-electron chi connectivity index (χ0n) is 3.69. The van der Waals surface area contributed by atoms with E-state index in [1.54, 1.807) is 6.92 Å². The molecule has 0 saturated heterocycles. The Morgan fingerprint density at radius 3 is 2.00 bits per heavy atom. The molecular formula is C3H9NOS. The SMILES string of the molecule is CCC(N)=O.S. The lowest BCUT2D eigenvalue weighted by atomic mass is 10.5. The molecule has 6 heavy (non-hydrogen) atoms. The van der Waals surface area contributed by atoms with Crippen LogP contribution >= 0.6 is 13.5 Å². The van der Waals surface area contributed by atoms with Gasteiger partial charge in [-0.05, 0) is 0 Å². The highest BCUT2D eigenvalue weighted by molar-refractivity contribution is 7.59. The highest BCUT2D eigenvalue weighted by Gasteiger charge is 1.77. The second-order valence-corrected chi connectivity index (χ2v) is 0.820. The van der Waals surface area contributed by atoms with Crippen molar-refractivity contribution in [3.8, 4) is 0 Å². The fraction of sp³-hybridized carbons (Fsp3) is 0.667. The standard InChI is InChI=1S/C3H7NO.H2S/c1-2-3(4)5;/h2H2,1H3,(H2,4,5);1H2. The van der Waals surface area contributed by atoms with E-state index < -0.39 is 0 Å². The van der Waals surface area contributed by atoms with Crippen molar-refractivity contribution in [3.63, 3.8) is 0 Å². The molecule has 2 nitrogen and oxygen atoms in total. The van der Waals surface area contributed by atoms with E-state index in [1.807, 2.05) is 0 Å². The highest BCUT2D eigenvalue weighted by atomic mass is 32.1. The molecule has 3 heteroatoms. The molecule has 0 fully saturated rings. The molecule has 0 aliphatic heterocycles. The zero-order valence-corrected chi connectivity index (χ0v) is 4.69. The Kier molecular flexibility index (Phi) is 7.44. The van der Waals surface area contributed by atoms with Gasteiger partial charge < -0.3 is 5.73 Å². The molecule has 0 aliphatic rings. The Morgan fingerprint density at radius 2 is 2.00 bits per heavy atom. The van der Waals surface area contributed by atoms with Gasteiger partial charge in [-0.25, -0.2) is 0 Å². The van der Waals surface area contributed by atoms with Gasteiger partial charge in [0.1, 0.15) is 0 Å². The van der Waals surface area contributed by atoms with Crippen LogP contribution in [0.25, 0.3) is 0 Å². The molecule has 38 valence electrons. The van der Waals surface area contributed by atoms with E-state index in [0.717, 1.165) is 0 Å². The lowest BCUT2D eigenvalue weighted by Crippen LogP contribution is -2.06. The lowest BCUT2D eigenvalue weighted by Gasteiger charge is -1.73. The monoisotopic (exact) mass is 107 g/mol. The first-order chi connectivity index (χ1) is 2.27. The molecule has 0 aromatic heterocycles. The van der Waals surface area contributed by atoms with Crippen LogP contribution in [0, 0.1) is 0 Å². The van der Waals surface area contributed by atoms with Crippen LogP contribution in [-0.2, 0) is 4.79 Å². The van der Waals surface area contributed by atoms with E-state index in [4.69, 9.17) is 0 Å². The van der Waals surface area contributed by atoms with Gasteiger partial charge in [-0.2, -0.15) is 13.5 Å². The molecular weight excluding hydrogens is 98.1 g/mol. The summed E-state index contributed by atoms with van der Waals surface area (Å²) in [4.78, 5) is 9.59. The van der Waals surface area contributed by atoms with Crippen molar-refractivity contribution >= 4 is 19.4 Å². The molecule has 0 radical (unpaired) electrons. The van der Waals surface area contributed by atoms with Crippen molar-refractivity contribution in [2.45, 2.75) is 13.3 Å². The number of nitrogens with two attached hydrogens (primary N) is 1. The van der Waals surface area contributed by atoms with Crippen LogP contribution in [0.2, 0.25) is 0 Å². The summed E-state index contributed by atoms with van der Waals surface area (Å²) in [7, 11) is 0. The van der Waals surface area contributed by atoms with Crippen molar-refractivity contribution in [3.05, 3.63) is 0 Å². The maximum atomic E-state index is 9.59. The minimum absolute atomic E-state index is 0. The van der Waals surface area contributed by atoms with Gasteiger partial charge in [0, 0.05) is 6.42 Å². The summed E-state index contributed by atoms with van der Waals surface area (Å²) < 4.78 is 0. The topological polar surface area (TPSA) is 43.1 Å². The summed E-state index contributed by atoms with van der Waals surface area (Å²) >= 11 is 0. The number of hydrogen-bond acceptors (Lipinski definition) is 1. The summed E-state index contributed by atoms with van der Waals surface area (Å²) in [6.45, 7) is 1.72. The maximum absolute atomic E-state index is 9.59. The largest absolute Gasteiger partial charge is 0.370 e. The molecule has 0 saturated carbocycles. The van der Waals surface area contributed by atoms with Gasteiger partial charge in [0.25, 0.3) is 0 Å². The summed E-state index contributed by atoms with van der Waals surface area (Å²) in [6, 6.07) is 0. The minimum atomic E-state index is -0.245. The van der Waals surface area contributed by atoms with Crippen LogP contribution < -0.4 is 5.73 Å². The predicted molar refractivity (Wildman–Crippen MR) is 29.9 cm³/mol. The first-order valence-corrected chi connectivity index (χ1v) is 1.55. The van der Waals surface area contributed by atoms with Crippen molar-refractivity contribution in [2.75, 3.05) is 0 Å². The van der Waals surface area contributed by atoms with E-state index in [-0.39, 0.29) is 19.4 Å². The van der Waals surface area contributed by atoms with Crippen LogP contribution in [0.1, 0.15) is 13.3 Å². The predicted octanol–water partition coefficient (Wildman–Crippen LogP) is -0.00550. The van der Waals surface area contributed by atoms with Gasteiger partial charge in [0.2, 0.25) is 5.91 Å². The second kappa shape index (κ2) is 4.82. The Labute approximate surface area is 44.2 Å². The average molecular weight is 107 g/mol. The highest BCUT2D eigenvalue weighted by Crippen LogP contribution is 1.63. The third kappa shape index (κ3) is 9.17. The molecule has 0 spiro atoms. The second-order valence-electron chi connectivity index (χ2n) is 0.820. The summed E-state index contributed by atoms with van der Waals surface area (Å²) in [5.74, 6) is -0.245. The summed E-state index contributed by atoms with van der Waals surface area (Å²) in [6.07, 6.45) is 0.444. The van der Waals surface area contributed by atoms with Crippen LogP contribution in [0.3, 0.4) is 0 Å². The van der Waals surface area contributed by atoms with E-state index in [0.29, 0.717) is 6.42 Å². The van der Waals surface area contributed by atoms with Gasteiger partial charge in [-0.3, -0.25) is 4.79 Å². The zero-order chi connectivity index (χ0) is 4.28. The van der Waals surface area contributed by atoms with E-state index in [2.05, 4.69) is 5.73 Å². The Morgan fingerprint density at radius 1 is 1.83 bits per heavy atom. The molecule has 0 bridgehead atoms. The first-order valence-electron chi connectivity index (χ1n) is 1.55. The van der Waals surface area contributed by atoms with Gasteiger partial charge >= 0.3 is 0 Å². The number of primary amides is 1. The van der Waals surface area contributed by atoms with Crippen molar-refractivity contribution in [1.29, 1.82) is 0 Å². The summed E-state index contributed by atoms with van der Waals surface area (Å²) in [5, 5.41) is 0. The van der Waals surface area contributed by atoms with Crippen molar-refractivity contribution in [2.24, 2.45) is 5.73 Å². The Bertz CT molecular complexity index is 46.1. The van der Waals surface area contributed by atoms with E-state index >= 15 is 0 Å². The molecule has 1 amide bonds. The van der Waals surface area contributed by atoms with Crippen molar-refractivity contribution < 1.29 is 4.79 Å². The normalized spacial score (nSPS) is 6.17. The molecule has 0 atom stereocenters. The summed E-state index contributed by atoms with van der Waals surface area (Å²) in [5.41, 5.74) is 4.65. The van der Waals surface area contributed by atoms with Crippen LogP contribution in [0.4, 0.5) is 0 Å². The van der Waals surface area contributed by atoms with Crippen LogP contribution in [-0.4, -0.2) is 5.91 Å². The van der Waals surface area contributed by atoms with Crippen molar-refractivity contribution in [1.82, 2.24) is 0 Å². The van der Waals surface area contributed by atoms with Crippen LogP contribution in [0.15, 0.2) is 0 Å². The van der Waals surface area contributed by atoms with Gasteiger partial charge in [-0.1, -0.05) is 6.92 Å². The molecule has 0 aliphatic carbocycles. The minimum Gasteiger partial charge on any atom is -0.370 e. The number of rotatable bonds is 1. The fourth-order valence-corrected chi connectivity index (χ4v) is 0. The number of carbonyl (C=O) groups is 1.